The highest BCUT2D eigenvalue weighted by Crippen LogP contribution is 2.10. The average Bonchev–Trinajstić information content (AvgIpc) is 2.21. The molecular formula is C11H14FNO3. The molecule has 5 heteroatoms. The molecule has 2 N–H and O–H groups in total. The molecule has 0 fully saturated rings. The van der Waals surface area contributed by atoms with Crippen molar-refractivity contribution >= 4 is 5.97 Å². The van der Waals surface area contributed by atoms with E-state index in [0.29, 0.717) is 5.56 Å². The van der Waals surface area contributed by atoms with Gasteiger partial charge in [0.15, 0.2) is 0 Å². The Morgan fingerprint density at radius 3 is 2.81 bits per heavy atom. The third kappa shape index (κ3) is 3.96. The number of benzene rings is 1. The first-order valence-electron chi connectivity index (χ1n) is 4.87. The standard InChI is InChI=1S/C11H14FNO3/c1-16-13-9(7-11(14)15)6-8-4-2-3-5-10(8)12/h2-5,9,13H,6-7H2,1H3,(H,14,15). The summed E-state index contributed by atoms with van der Waals surface area (Å²) in [5.41, 5.74) is 3.01. The van der Waals surface area contributed by atoms with Gasteiger partial charge in [0.2, 0.25) is 0 Å². The minimum absolute atomic E-state index is 0.123. The SMILES string of the molecule is CONC(CC(=O)O)Cc1ccccc1F. The number of hydrogen-bond acceptors (Lipinski definition) is 3. The Kier molecular flexibility index (Phi) is 4.88. The zero-order valence-corrected chi connectivity index (χ0v) is 8.94. The molecule has 0 heterocycles. The summed E-state index contributed by atoms with van der Waals surface area (Å²) in [5, 5.41) is 8.67. The first-order valence-corrected chi connectivity index (χ1v) is 4.87. The number of rotatable bonds is 6. The summed E-state index contributed by atoms with van der Waals surface area (Å²) in [4.78, 5) is 15.3. The number of carboxylic acids is 1. The molecule has 0 saturated heterocycles. The van der Waals surface area contributed by atoms with Gasteiger partial charge in [-0.2, -0.15) is 5.48 Å². The monoisotopic (exact) mass is 227 g/mol. The Bertz CT molecular complexity index is 357. The van der Waals surface area contributed by atoms with Crippen LogP contribution in [0.15, 0.2) is 24.3 Å². The van der Waals surface area contributed by atoms with Crippen molar-refractivity contribution in [3.8, 4) is 0 Å². The van der Waals surface area contributed by atoms with Gasteiger partial charge in [-0.1, -0.05) is 18.2 Å². The van der Waals surface area contributed by atoms with Crippen molar-refractivity contribution in [2.75, 3.05) is 7.11 Å². The normalized spacial score (nSPS) is 12.4. The molecule has 1 atom stereocenters. The minimum atomic E-state index is -0.953. The van der Waals surface area contributed by atoms with Crippen LogP contribution in [0.2, 0.25) is 0 Å². The van der Waals surface area contributed by atoms with E-state index in [2.05, 4.69) is 10.3 Å². The molecular weight excluding hydrogens is 213 g/mol. The molecule has 88 valence electrons. The largest absolute Gasteiger partial charge is 0.481 e. The van der Waals surface area contributed by atoms with Gasteiger partial charge >= 0.3 is 5.97 Å². The van der Waals surface area contributed by atoms with Crippen molar-refractivity contribution in [2.24, 2.45) is 0 Å². The van der Waals surface area contributed by atoms with Crippen molar-refractivity contribution < 1.29 is 19.1 Å². The Balaban J connectivity index is 2.67. The van der Waals surface area contributed by atoms with Crippen molar-refractivity contribution in [3.63, 3.8) is 0 Å². The highest BCUT2D eigenvalue weighted by molar-refractivity contribution is 5.67. The quantitative estimate of drug-likeness (QED) is 0.720. The van der Waals surface area contributed by atoms with Gasteiger partial charge in [0.05, 0.1) is 13.5 Å². The summed E-state index contributed by atoms with van der Waals surface area (Å²) < 4.78 is 13.3. The summed E-state index contributed by atoms with van der Waals surface area (Å²) >= 11 is 0. The van der Waals surface area contributed by atoms with Gasteiger partial charge in [0, 0.05) is 6.04 Å². The number of carbonyl (C=O) groups is 1. The molecule has 1 aromatic rings. The Hall–Kier alpha value is -1.46. The summed E-state index contributed by atoms with van der Waals surface area (Å²) in [7, 11) is 1.40. The lowest BCUT2D eigenvalue weighted by atomic mass is 10.0. The lowest BCUT2D eigenvalue weighted by molar-refractivity contribution is -0.138. The maximum Gasteiger partial charge on any atom is 0.305 e. The van der Waals surface area contributed by atoms with E-state index in [9.17, 15) is 9.18 Å². The van der Waals surface area contributed by atoms with Crippen LogP contribution in [-0.4, -0.2) is 24.2 Å². The van der Waals surface area contributed by atoms with Crippen molar-refractivity contribution in [1.29, 1.82) is 0 Å². The summed E-state index contributed by atoms with van der Waals surface area (Å²) in [5.74, 6) is -1.29. The van der Waals surface area contributed by atoms with Gasteiger partial charge in [-0.25, -0.2) is 4.39 Å². The van der Waals surface area contributed by atoms with Crippen molar-refractivity contribution in [1.82, 2.24) is 5.48 Å². The van der Waals surface area contributed by atoms with Crippen molar-refractivity contribution in [2.45, 2.75) is 18.9 Å². The van der Waals surface area contributed by atoms with E-state index in [1.54, 1.807) is 18.2 Å². The maximum absolute atomic E-state index is 13.3. The second-order valence-electron chi connectivity index (χ2n) is 3.41. The highest BCUT2D eigenvalue weighted by Gasteiger charge is 2.15. The third-order valence-electron chi connectivity index (χ3n) is 2.13. The molecule has 1 rings (SSSR count). The van der Waals surface area contributed by atoms with Crippen LogP contribution in [0, 0.1) is 5.82 Å². The van der Waals surface area contributed by atoms with Crippen molar-refractivity contribution in [3.05, 3.63) is 35.6 Å². The van der Waals surface area contributed by atoms with Crippen LogP contribution >= 0.6 is 0 Å². The van der Waals surface area contributed by atoms with E-state index in [0.717, 1.165) is 0 Å². The van der Waals surface area contributed by atoms with Gasteiger partial charge in [-0.05, 0) is 18.1 Å². The zero-order valence-electron chi connectivity index (χ0n) is 8.94. The van der Waals surface area contributed by atoms with E-state index in [1.807, 2.05) is 0 Å². The number of aliphatic carboxylic acids is 1. The van der Waals surface area contributed by atoms with Gasteiger partial charge in [-0.15, -0.1) is 0 Å². The van der Waals surface area contributed by atoms with E-state index in [-0.39, 0.29) is 18.7 Å². The third-order valence-corrected chi connectivity index (χ3v) is 2.13. The maximum atomic E-state index is 13.3. The van der Waals surface area contributed by atoms with E-state index < -0.39 is 12.0 Å². The summed E-state index contributed by atoms with van der Waals surface area (Å²) in [6.07, 6.45) is 0.148. The molecule has 16 heavy (non-hydrogen) atoms. The number of hydrogen-bond donors (Lipinski definition) is 2. The van der Waals surface area contributed by atoms with Crippen LogP contribution in [0.25, 0.3) is 0 Å². The molecule has 0 aliphatic carbocycles. The van der Waals surface area contributed by atoms with Crippen LogP contribution in [0.3, 0.4) is 0 Å². The molecule has 0 amide bonds. The molecule has 0 aliphatic rings. The summed E-state index contributed by atoms with van der Waals surface area (Å²) in [6.45, 7) is 0. The zero-order chi connectivity index (χ0) is 12.0. The second-order valence-corrected chi connectivity index (χ2v) is 3.41. The molecule has 0 aliphatic heterocycles. The predicted molar refractivity (Wildman–Crippen MR) is 56.3 cm³/mol. The van der Waals surface area contributed by atoms with Gasteiger partial charge in [0.25, 0.3) is 0 Å². The van der Waals surface area contributed by atoms with Crippen LogP contribution in [0.4, 0.5) is 4.39 Å². The Labute approximate surface area is 93.0 Å². The fourth-order valence-electron chi connectivity index (χ4n) is 1.46. The molecule has 0 bridgehead atoms. The first kappa shape index (κ1) is 12.6. The number of halogens is 1. The fourth-order valence-corrected chi connectivity index (χ4v) is 1.46. The fraction of sp³-hybridized carbons (Fsp3) is 0.364. The van der Waals surface area contributed by atoms with Crippen LogP contribution in [0.1, 0.15) is 12.0 Å². The van der Waals surface area contributed by atoms with Crippen LogP contribution in [-0.2, 0) is 16.1 Å². The minimum Gasteiger partial charge on any atom is -0.481 e. The lowest BCUT2D eigenvalue weighted by Gasteiger charge is -2.15. The molecule has 0 saturated carbocycles. The molecule has 0 radical (unpaired) electrons. The van der Waals surface area contributed by atoms with Gasteiger partial charge < -0.3 is 9.94 Å². The molecule has 4 nitrogen and oxygen atoms in total. The topological polar surface area (TPSA) is 58.6 Å². The Morgan fingerprint density at radius 1 is 1.56 bits per heavy atom. The van der Waals surface area contributed by atoms with Crippen LogP contribution in [0.5, 0.6) is 0 Å². The van der Waals surface area contributed by atoms with Crippen LogP contribution < -0.4 is 5.48 Å². The van der Waals surface area contributed by atoms with E-state index in [4.69, 9.17) is 5.11 Å². The van der Waals surface area contributed by atoms with Gasteiger partial charge in [0.1, 0.15) is 5.82 Å². The molecule has 0 spiro atoms. The molecule has 1 aromatic carbocycles. The highest BCUT2D eigenvalue weighted by atomic mass is 19.1. The predicted octanol–water partition coefficient (Wildman–Crippen LogP) is 1.36. The number of carboxylic acid groups (broad SMARTS) is 1. The first-order chi connectivity index (χ1) is 7.63. The van der Waals surface area contributed by atoms with Gasteiger partial charge in [-0.3, -0.25) is 4.79 Å². The second kappa shape index (κ2) is 6.19. The summed E-state index contributed by atoms with van der Waals surface area (Å²) in [6, 6.07) is 5.83. The Morgan fingerprint density at radius 2 is 2.25 bits per heavy atom. The lowest BCUT2D eigenvalue weighted by Crippen LogP contribution is -2.32. The van der Waals surface area contributed by atoms with E-state index in [1.165, 1.54) is 13.2 Å². The molecule has 1 unspecified atom stereocenters. The molecule has 0 aromatic heterocycles. The average molecular weight is 227 g/mol. The smallest absolute Gasteiger partial charge is 0.305 e. The van der Waals surface area contributed by atoms with E-state index >= 15 is 0 Å². The number of hydroxylamine groups is 1. The number of nitrogens with one attached hydrogen (secondary N) is 1.